The highest BCUT2D eigenvalue weighted by Crippen LogP contribution is 2.46. The van der Waals surface area contributed by atoms with Crippen molar-refractivity contribution in [2.24, 2.45) is 5.73 Å². The van der Waals surface area contributed by atoms with Gasteiger partial charge in [-0.05, 0) is 107 Å². The second-order valence-corrected chi connectivity index (χ2v) is 17.4. The molecule has 0 bridgehead atoms. The predicted molar refractivity (Wildman–Crippen MR) is 233 cm³/mol. The first kappa shape index (κ1) is 44.4. The number of hydrogen-bond acceptors (Lipinski definition) is 7. The maximum atomic E-state index is 14.7. The first-order valence-electron chi connectivity index (χ1n) is 21.0. The van der Waals surface area contributed by atoms with Crippen molar-refractivity contribution < 1.29 is 13.6 Å². The van der Waals surface area contributed by atoms with Crippen molar-refractivity contribution >= 4 is 51.2 Å². The summed E-state index contributed by atoms with van der Waals surface area (Å²) in [4.78, 5) is 22.1. The normalized spacial score (nSPS) is 21.9. The number of benzene rings is 2. The van der Waals surface area contributed by atoms with Gasteiger partial charge in [0.2, 0.25) is 0 Å². The lowest BCUT2D eigenvalue weighted by Crippen LogP contribution is -2.41. The number of alkyl halides is 1. The molecule has 2 aromatic carbocycles. The molecule has 0 radical (unpaired) electrons. The molecular formula is C44H63ClF2N6OS2. The van der Waals surface area contributed by atoms with Crippen molar-refractivity contribution in [1.29, 1.82) is 0 Å². The number of aromatic nitrogens is 1. The van der Waals surface area contributed by atoms with Crippen LogP contribution in [0.25, 0.3) is 0 Å². The molecule has 4 N–H and O–H groups in total. The quantitative estimate of drug-likeness (QED) is 0.123. The van der Waals surface area contributed by atoms with E-state index >= 15 is 0 Å². The lowest BCUT2D eigenvalue weighted by atomic mass is 9.67. The fourth-order valence-electron chi connectivity index (χ4n) is 9.58. The summed E-state index contributed by atoms with van der Waals surface area (Å²) in [6.45, 7) is 11.0. The number of Topliss-reactive ketones (excluding diaryl/α,β-unsaturated/α-hetero) is 1. The molecule has 3 heterocycles. The number of hydrogen-bond donors (Lipinski definition) is 3. The molecule has 1 aromatic heterocycles. The molecule has 56 heavy (non-hydrogen) atoms. The number of likely N-dealkylation sites (tertiary alicyclic amines) is 2. The zero-order valence-electron chi connectivity index (χ0n) is 33.5. The molecule has 4 fully saturated rings. The van der Waals surface area contributed by atoms with E-state index in [-0.39, 0.29) is 28.7 Å². The van der Waals surface area contributed by atoms with Crippen LogP contribution in [-0.4, -0.2) is 82.9 Å². The molecule has 3 aromatic rings. The van der Waals surface area contributed by atoms with Crippen LogP contribution in [0.15, 0.2) is 53.9 Å². The van der Waals surface area contributed by atoms with E-state index in [1.54, 1.807) is 41.7 Å². The van der Waals surface area contributed by atoms with Crippen LogP contribution in [0.3, 0.4) is 0 Å². The molecule has 0 amide bonds. The number of likely N-dealkylation sites (N-methyl/N-ethyl adjacent to an activating group) is 2. The van der Waals surface area contributed by atoms with Crippen molar-refractivity contribution in [3.8, 4) is 0 Å². The molecule has 308 valence electrons. The summed E-state index contributed by atoms with van der Waals surface area (Å²) in [5.74, 6) is -0.447. The highest BCUT2D eigenvalue weighted by Gasteiger charge is 2.42. The Morgan fingerprint density at radius 3 is 1.91 bits per heavy atom. The monoisotopic (exact) mass is 828 g/mol. The van der Waals surface area contributed by atoms with Gasteiger partial charge in [0.25, 0.3) is 0 Å². The fraction of sp³-hybridized carbons (Fsp3) is 0.614. The van der Waals surface area contributed by atoms with Gasteiger partial charge < -0.3 is 16.4 Å². The highest BCUT2D eigenvalue weighted by molar-refractivity contribution is 7.80. The van der Waals surface area contributed by atoms with Crippen LogP contribution in [0, 0.1) is 11.6 Å². The SMILES string of the molecule is CCN1CCCC1CNC(N)=S.CCN1CCCC1CNc1nc(C2(c3ccccc3F)CCCCC2)cs1.O=C(CCl)C1(c2ccccc2F)CCCCC1. The number of rotatable bonds is 12. The van der Waals surface area contributed by atoms with Crippen molar-refractivity contribution in [2.75, 3.05) is 50.5 Å². The lowest BCUT2D eigenvalue weighted by Gasteiger charge is -2.36. The minimum Gasteiger partial charge on any atom is -0.376 e. The summed E-state index contributed by atoms with van der Waals surface area (Å²) in [5.41, 5.74) is 6.84. The second kappa shape index (κ2) is 21.9. The Morgan fingerprint density at radius 2 is 1.38 bits per heavy atom. The van der Waals surface area contributed by atoms with E-state index in [9.17, 15) is 13.6 Å². The average molecular weight is 830 g/mol. The first-order chi connectivity index (χ1) is 27.2. The largest absolute Gasteiger partial charge is 0.376 e. The Hall–Kier alpha value is -2.70. The molecule has 0 spiro atoms. The summed E-state index contributed by atoms with van der Waals surface area (Å²) < 4.78 is 28.6. The summed E-state index contributed by atoms with van der Waals surface area (Å²) in [5, 5.41) is 10.1. The minimum absolute atomic E-state index is 0.0334. The molecule has 2 atom stereocenters. The summed E-state index contributed by atoms with van der Waals surface area (Å²) >= 11 is 12.1. The van der Waals surface area contributed by atoms with E-state index in [4.69, 9.17) is 34.5 Å². The number of halogens is 3. The van der Waals surface area contributed by atoms with Crippen LogP contribution < -0.4 is 16.4 Å². The molecule has 7 nitrogen and oxygen atoms in total. The summed E-state index contributed by atoms with van der Waals surface area (Å²) in [6, 6.07) is 15.1. The van der Waals surface area contributed by atoms with Gasteiger partial charge in [-0.3, -0.25) is 14.6 Å². The van der Waals surface area contributed by atoms with Gasteiger partial charge >= 0.3 is 0 Å². The predicted octanol–water partition coefficient (Wildman–Crippen LogP) is 9.57. The van der Waals surface area contributed by atoms with E-state index in [0.717, 1.165) is 100 Å². The number of nitrogens with two attached hydrogens (primary N) is 1. The smallest absolute Gasteiger partial charge is 0.182 e. The molecule has 4 aliphatic rings. The number of nitrogens with one attached hydrogen (secondary N) is 2. The van der Waals surface area contributed by atoms with Crippen LogP contribution in [-0.2, 0) is 15.6 Å². The number of thiocarbonyl (C=S) groups is 1. The number of thiazole rings is 1. The van der Waals surface area contributed by atoms with Crippen LogP contribution >= 0.6 is 35.2 Å². The van der Waals surface area contributed by atoms with Crippen LogP contribution in [0.2, 0.25) is 0 Å². The number of carbonyl (C=O) groups excluding carboxylic acids is 1. The third-order valence-corrected chi connectivity index (χ3v) is 13.8. The van der Waals surface area contributed by atoms with E-state index in [2.05, 4.69) is 39.7 Å². The molecular weight excluding hydrogens is 766 g/mol. The average Bonchev–Trinajstić information content (AvgIpc) is 4.02. The Bertz CT molecular complexity index is 1680. The molecule has 2 saturated carbocycles. The van der Waals surface area contributed by atoms with Crippen molar-refractivity contribution in [1.82, 2.24) is 20.1 Å². The van der Waals surface area contributed by atoms with E-state index in [0.29, 0.717) is 22.8 Å². The van der Waals surface area contributed by atoms with Gasteiger partial charge in [0.1, 0.15) is 11.6 Å². The van der Waals surface area contributed by atoms with Crippen LogP contribution in [0.5, 0.6) is 0 Å². The molecule has 2 saturated heterocycles. The Kier molecular flexibility index (Phi) is 17.4. The van der Waals surface area contributed by atoms with Crippen molar-refractivity contribution in [3.05, 3.63) is 82.4 Å². The fourth-order valence-corrected chi connectivity index (χ4v) is 10.7. The topological polar surface area (TPSA) is 86.5 Å². The van der Waals surface area contributed by atoms with Gasteiger partial charge in [0.15, 0.2) is 16.0 Å². The van der Waals surface area contributed by atoms with Crippen molar-refractivity contribution in [2.45, 2.75) is 127 Å². The number of ketones is 1. The number of nitrogens with zero attached hydrogens (tertiary/aromatic N) is 3. The lowest BCUT2D eigenvalue weighted by molar-refractivity contribution is -0.123. The minimum atomic E-state index is -0.675. The zero-order chi connectivity index (χ0) is 40.0. The van der Waals surface area contributed by atoms with E-state index < -0.39 is 5.41 Å². The van der Waals surface area contributed by atoms with Crippen LogP contribution in [0.4, 0.5) is 13.9 Å². The molecule has 7 rings (SSSR count). The molecule has 12 heteroatoms. The van der Waals surface area contributed by atoms with E-state index in [1.807, 2.05) is 12.1 Å². The maximum absolute atomic E-state index is 14.7. The van der Waals surface area contributed by atoms with Gasteiger partial charge in [-0.1, -0.05) is 88.8 Å². The Balaban J connectivity index is 0.000000177. The third-order valence-electron chi connectivity index (χ3n) is 12.7. The standard InChI is InChI=1S/C22H30FN3S.C14H16ClFO.C8H17N3S/c1-2-26-14-8-9-17(26)15-24-21-25-20(16-27-21)22(12-6-3-7-13-22)18-10-4-5-11-19(18)23;15-10-13(17)14(8-4-1-5-9-14)11-6-2-3-7-12(11)16;1-2-11-5-3-4-7(11)6-10-8(9)12/h4-5,10-11,16-17H,2-3,6-9,12-15H2,1H3,(H,24,25);2-3,6-7H,1,4-5,8-10H2;7H,2-6H2,1H3,(H3,9,10,12). The molecule has 2 aliphatic carbocycles. The Labute approximate surface area is 348 Å². The number of anilines is 1. The van der Waals surface area contributed by atoms with Gasteiger partial charge in [0, 0.05) is 41.5 Å². The molecule has 2 aliphatic heterocycles. The number of carbonyl (C=O) groups is 1. The first-order valence-corrected chi connectivity index (χ1v) is 22.8. The molecule has 2 unspecified atom stereocenters. The zero-order valence-corrected chi connectivity index (χ0v) is 35.9. The third kappa shape index (κ3) is 11.1. The van der Waals surface area contributed by atoms with Gasteiger partial charge in [-0.2, -0.15) is 0 Å². The van der Waals surface area contributed by atoms with Gasteiger partial charge in [0.05, 0.1) is 17.0 Å². The van der Waals surface area contributed by atoms with E-state index in [1.165, 1.54) is 51.3 Å². The Morgan fingerprint density at radius 1 is 0.839 bits per heavy atom. The van der Waals surface area contributed by atoms with Gasteiger partial charge in [-0.25, -0.2) is 13.8 Å². The van der Waals surface area contributed by atoms with Gasteiger partial charge in [-0.15, -0.1) is 22.9 Å². The maximum Gasteiger partial charge on any atom is 0.182 e. The summed E-state index contributed by atoms with van der Waals surface area (Å²) in [7, 11) is 0. The summed E-state index contributed by atoms with van der Waals surface area (Å²) in [6.07, 6.45) is 15.1. The highest BCUT2D eigenvalue weighted by atomic mass is 35.5. The second-order valence-electron chi connectivity index (χ2n) is 15.8. The van der Waals surface area contributed by atoms with Crippen LogP contribution in [0.1, 0.15) is 121 Å². The van der Waals surface area contributed by atoms with Crippen molar-refractivity contribution in [3.63, 3.8) is 0 Å².